The van der Waals surface area contributed by atoms with Crippen LogP contribution in [-0.2, 0) is 11.3 Å². The minimum absolute atomic E-state index is 0.0561. The topological polar surface area (TPSA) is 78.2 Å². The number of hydrogen-bond donors (Lipinski definition) is 1. The monoisotopic (exact) mass is 448 g/mol. The van der Waals surface area contributed by atoms with E-state index in [0.717, 1.165) is 19.4 Å². The van der Waals surface area contributed by atoms with Gasteiger partial charge in [-0.05, 0) is 43.2 Å². The van der Waals surface area contributed by atoms with Gasteiger partial charge in [-0.2, -0.15) is 9.78 Å². The van der Waals surface area contributed by atoms with E-state index < -0.39 is 0 Å². The number of pyridine rings is 1. The number of nitrogens with zero attached hydrogens (tertiary/aromatic N) is 3. The van der Waals surface area contributed by atoms with Gasteiger partial charge < -0.3 is 14.6 Å². The molecular weight excluding hydrogens is 428 g/mol. The summed E-state index contributed by atoms with van der Waals surface area (Å²) in [5, 5.41) is 7.89. The van der Waals surface area contributed by atoms with Crippen molar-refractivity contribution in [3.63, 3.8) is 0 Å². The fourth-order valence-corrected chi connectivity index (χ4v) is 4.15. The highest BCUT2D eigenvalue weighted by atomic mass is 35.5. The predicted molar refractivity (Wildman–Crippen MR) is 123 cm³/mol. The van der Waals surface area contributed by atoms with Crippen molar-refractivity contribution in [2.24, 2.45) is 0 Å². The summed E-state index contributed by atoms with van der Waals surface area (Å²) in [7, 11) is 0. The largest absolute Gasteiger partial charge is 0.376 e. The molecule has 1 N–H and O–H groups in total. The average Bonchev–Trinajstić information content (AvgIpc) is 3.42. The molecule has 8 heteroatoms. The lowest BCUT2D eigenvalue weighted by molar-refractivity contribution is 0.0961. The van der Waals surface area contributed by atoms with Crippen molar-refractivity contribution in [2.75, 3.05) is 11.9 Å². The van der Waals surface area contributed by atoms with Gasteiger partial charge in [0.15, 0.2) is 0 Å². The van der Waals surface area contributed by atoms with Crippen LogP contribution < -0.4 is 10.9 Å². The van der Waals surface area contributed by atoms with E-state index in [4.69, 9.17) is 16.3 Å². The molecule has 0 aromatic heterocycles. The molecule has 162 valence electrons. The number of rotatable bonds is 5. The maximum Gasteiger partial charge on any atom is 0.282 e. The van der Waals surface area contributed by atoms with Gasteiger partial charge in [-0.1, -0.05) is 35.9 Å². The molecule has 2 aromatic carbocycles. The second-order valence-corrected chi connectivity index (χ2v) is 8.22. The first-order chi connectivity index (χ1) is 15.6. The van der Waals surface area contributed by atoms with E-state index in [2.05, 4.69) is 10.4 Å². The number of amides is 1. The zero-order valence-electron chi connectivity index (χ0n) is 17.2. The Kier molecular flexibility index (Phi) is 5.51. The maximum atomic E-state index is 13.2. The molecule has 0 radical (unpaired) electrons. The minimum Gasteiger partial charge on any atom is -0.376 e. The van der Waals surface area contributed by atoms with E-state index in [9.17, 15) is 9.59 Å². The fourth-order valence-electron chi connectivity index (χ4n) is 3.96. The molecule has 3 heterocycles. The first kappa shape index (κ1) is 20.5. The number of nitrogens with one attached hydrogen (secondary N) is 1. The van der Waals surface area contributed by atoms with E-state index in [1.807, 2.05) is 22.8 Å². The molecule has 1 fully saturated rings. The highest BCUT2D eigenvalue weighted by Gasteiger charge is 2.26. The maximum absolute atomic E-state index is 13.2. The van der Waals surface area contributed by atoms with Gasteiger partial charge in [0, 0.05) is 36.3 Å². The molecule has 1 atom stereocenters. The van der Waals surface area contributed by atoms with E-state index in [-0.39, 0.29) is 17.6 Å². The third kappa shape index (κ3) is 4.04. The minimum atomic E-state index is -0.364. The van der Waals surface area contributed by atoms with Crippen LogP contribution in [0.3, 0.4) is 0 Å². The molecule has 1 amide bonds. The van der Waals surface area contributed by atoms with Crippen LogP contribution in [0, 0.1) is 0 Å². The Bertz CT molecular complexity index is 1290. The summed E-state index contributed by atoms with van der Waals surface area (Å²) in [6.45, 7) is 1.29. The second-order valence-electron chi connectivity index (χ2n) is 7.78. The van der Waals surface area contributed by atoms with Crippen molar-refractivity contribution in [3.8, 4) is 16.9 Å². The Morgan fingerprint density at radius 2 is 2.00 bits per heavy atom. The third-order valence-electron chi connectivity index (χ3n) is 5.49. The van der Waals surface area contributed by atoms with Crippen LogP contribution in [0.15, 0.2) is 71.8 Å². The van der Waals surface area contributed by atoms with Gasteiger partial charge in [0.05, 0.1) is 22.9 Å². The Balaban J connectivity index is 1.60. The average molecular weight is 449 g/mol. The SMILES string of the molecule is O=C(Nc1cccc(Cl)c1)c1cn(C[C@@H]2CCCO2)cc2c(=O)n(-c3ccccc3)nc1-2. The molecule has 7 nitrogen and oxygen atoms in total. The molecule has 1 saturated heterocycles. The zero-order valence-corrected chi connectivity index (χ0v) is 18.0. The lowest BCUT2D eigenvalue weighted by Crippen LogP contribution is -2.20. The number of anilines is 1. The van der Waals surface area contributed by atoms with Crippen molar-refractivity contribution in [1.29, 1.82) is 0 Å². The van der Waals surface area contributed by atoms with Gasteiger partial charge in [-0.25, -0.2) is 0 Å². The van der Waals surface area contributed by atoms with Crippen LogP contribution in [0.1, 0.15) is 23.2 Å². The quantitative estimate of drug-likeness (QED) is 0.495. The number of para-hydroxylation sites is 1. The van der Waals surface area contributed by atoms with Crippen molar-refractivity contribution in [1.82, 2.24) is 14.3 Å². The normalized spacial score (nSPS) is 15.8. The van der Waals surface area contributed by atoms with Crippen LogP contribution in [0.2, 0.25) is 5.02 Å². The summed E-state index contributed by atoms with van der Waals surface area (Å²) < 4.78 is 8.93. The van der Waals surface area contributed by atoms with Crippen molar-refractivity contribution >= 4 is 23.2 Å². The van der Waals surface area contributed by atoms with Gasteiger partial charge in [0.1, 0.15) is 5.69 Å². The Morgan fingerprint density at radius 3 is 2.75 bits per heavy atom. The molecule has 3 aliphatic heterocycles. The summed E-state index contributed by atoms with van der Waals surface area (Å²) in [5.74, 6) is -0.364. The second kappa shape index (κ2) is 8.61. The van der Waals surface area contributed by atoms with Crippen LogP contribution in [0.25, 0.3) is 16.9 Å². The van der Waals surface area contributed by atoms with Crippen LogP contribution >= 0.6 is 11.6 Å². The Morgan fingerprint density at radius 1 is 1.16 bits per heavy atom. The van der Waals surface area contributed by atoms with Gasteiger partial charge in [-0.15, -0.1) is 0 Å². The molecule has 32 heavy (non-hydrogen) atoms. The summed E-state index contributed by atoms with van der Waals surface area (Å²) in [6, 6.07) is 16.1. The zero-order chi connectivity index (χ0) is 22.1. The number of fused-ring (bicyclic) bond motifs is 1. The lowest BCUT2D eigenvalue weighted by atomic mass is 10.1. The molecule has 0 bridgehead atoms. The van der Waals surface area contributed by atoms with Crippen molar-refractivity contribution < 1.29 is 9.53 Å². The number of halogens is 1. The van der Waals surface area contributed by atoms with Gasteiger partial charge >= 0.3 is 0 Å². The number of benzene rings is 2. The van der Waals surface area contributed by atoms with Crippen molar-refractivity contribution in [3.05, 3.63) is 87.9 Å². The van der Waals surface area contributed by atoms with Crippen molar-refractivity contribution in [2.45, 2.75) is 25.5 Å². The molecule has 5 rings (SSSR count). The first-order valence-corrected chi connectivity index (χ1v) is 10.8. The highest BCUT2D eigenvalue weighted by Crippen LogP contribution is 2.25. The lowest BCUT2D eigenvalue weighted by Gasteiger charge is -2.16. The first-order valence-electron chi connectivity index (χ1n) is 10.5. The van der Waals surface area contributed by atoms with E-state index in [0.29, 0.717) is 39.8 Å². The number of aromatic nitrogens is 3. The van der Waals surface area contributed by atoms with Crippen LogP contribution in [0.4, 0.5) is 5.69 Å². The van der Waals surface area contributed by atoms with Crippen LogP contribution in [0.5, 0.6) is 0 Å². The molecule has 3 aliphatic rings. The van der Waals surface area contributed by atoms with E-state index in [1.165, 1.54) is 4.68 Å². The Labute approximate surface area is 189 Å². The van der Waals surface area contributed by atoms with Crippen LogP contribution in [-0.4, -0.2) is 33.0 Å². The third-order valence-corrected chi connectivity index (χ3v) is 5.72. The number of carbonyl (C=O) groups excluding carboxylic acids is 1. The van der Waals surface area contributed by atoms with Gasteiger partial charge in [-0.3, -0.25) is 9.59 Å². The van der Waals surface area contributed by atoms with Gasteiger partial charge in [0.2, 0.25) is 0 Å². The molecule has 0 saturated carbocycles. The number of carbonyl (C=O) groups is 1. The summed E-state index contributed by atoms with van der Waals surface area (Å²) in [5.41, 5.74) is 1.97. The van der Waals surface area contributed by atoms with Gasteiger partial charge in [0.25, 0.3) is 11.5 Å². The number of ether oxygens (including phenoxy) is 1. The standard InChI is InChI=1S/C24H21ClN4O3/c25-16-6-4-7-17(12-16)26-23(30)20-14-28(13-19-10-5-11-32-19)15-21-22(20)27-29(24(21)31)18-8-2-1-3-9-18/h1-4,6-9,12,14-15,19H,5,10-11,13H2,(H,26,30)/t19-/m0/s1. The Hall–Kier alpha value is -3.42. The summed E-state index contributed by atoms with van der Waals surface area (Å²) in [4.78, 5) is 26.4. The van der Waals surface area contributed by atoms with E-state index in [1.54, 1.807) is 48.8 Å². The summed E-state index contributed by atoms with van der Waals surface area (Å²) in [6.07, 6.45) is 5.49. The molecule has 0 unspecified atom stereocenters. The fraction of sp³-hybridized carbons (Fsp3) is 0.208. The number of hydrogen-bond acceptors (Lipinski definition) is 4. The highest BCUT2D eigenvalue weighted by molar-refractivity contribution is 6.31. The molecule has 2 aromatic rings. The smallest absolute Gasteiger partial charge is 0.282 e. The molecular formula is C24H21ClN4O3. The predicted octanol–water partition coefficient (Wildman–Crippen LogP) is 4.22. The molecule has 0 aliphatic carbocycles. The van der Waals surface area contributed by atoms with E-state index >= 15 is 0 Å². The summed E-state index contributed by atoms with van der Waals surface area (Å²) >= 11 is 6.06. The molecule has 0 spiro atoms.